The van der Waals surface area contributed by atoms with Gasteiger partial charge in [-0.15, -0.1) is 0 Å². The molecule has 0 saturated heterocycles. The zero-order chi connectivity index (χ0) is 11.8. The number of H-pyrrole nitrogens is 1. The second kappa shape index (κ2) is 3.75. The van der Waals surface area contributed by atoms with Crippen LogP contribution >= 0.6 is 0 Å². The minimum Gasteiger partial charge on any atom is -0.372 e. The van der Waals surface area contributed by atoms with Crippen molar-refractivity contribution in [1.82, 2.24) is 15.0 Å². The smallest absolute Gasteiger partial charge is 0.154 e. The van der Waals surface area contributed by atoms with Crippen molar-refractivity contribution < 1.29 is 8.42 Å². The van der Waals surface area contributed by atoms with E-state index in [1.807, 2.05) is 6.07 Å². The second-order valence-electron chi connectivity index (χ2n) is 3.55. The summed E-state index contributed by atoms with van der Waals surface area (Å²) in [5, 5.41) is 3.76. The molecule has 16 heavy (non-hydrogen) atoms. The number of sulfone groups is 1. The highest BCUT2D eigenvalue weighted by Crippen LogP contribution is 2.19. The minimum absolute atomic E-state index is 0.156. The zero-order valence-corrected chi connectivity index (χ0v) is 9.80. The largest absolute Gasteiger partial charge is 0.372 e. The first kappa shape index (κ1) is 10.9. The van der Waals surface area contributed by atoms with Crippen LogP contribution in [0.25, 0.3) is 11.0 Å². The number of rotatable bonds is 3. The van der Waals surface area contributed by atoms with E-state index in [9.17, 15) is 8.42 Å². The van der Waals surface area contributed by atoms with Crippen molar-refractivity contribution in [3.8, 4) is 0 Å². The van der Waals surface area contributed by atoms with Crippen molar-refractivity contribution in [3.63, 3.8) is 0 Å². The lowest BCUT2D eigenvalue weighted by atomic mass is 10.4. The highest BCUT2D eigenvalue weighted by Gasteiger charge is 2.11. The van der Waals surface area contributed by atoms with Gasteiger partial charge in [-0.1, -0.05) is 0 Å². The van der Waals surface area contributed by atoms with E-state index >= 15 is 0 Å². The van der Waals surface area contributed by atoms with E-state index in [0.29, 0.717) is 17.3 Å². The molecule has 0 fully saturated rings. The number of aromatic nitrogens is 3. The third-order valence-electron chi connectivity index (χ3n) is 2.09. The molecule has 0 aliphatic rings. The van der Waals surface area contributed by atoms with Gasteiger partial charge in [0.05, 0.1) is 5.39 Å². The summed E-state index contributed by atoms with van der Waals surface area (Å²) in [5.41, 5.74) is 0.637. The van der Waals surface area contributed by atoms with Gasteiger partial charge in [0.15, 0.2) is 9.84 Å². The number of anilines is 1. The first-order valence-corrected chi connectivity index (χ1v) is 6.75. The summed E-state index contributed by atoms with van der Waals surface area (Å²) in [5.74, 6) is 0.767. The van der Waals surface area contributed by atoms with Gasteiger partial charge >= 0.3 is 0 Å². The molecule has 0 amide bonds. The van der Waals surface area contributed by atoms with Crippen molar-refractivity contribution in [1.29, 1.82) is 0 Å². The third-order valence-corrected chi connectivity index (χ3v) is 2.87. The highest BCUT2D eigenvalue weighted by atomic mass is 32.2. The van der Waals surface area contributed by atoms with Crippen LogP contribution in [0.1, 0.15) is 5.82 Å². The van der Waals surface area contributed by atoms with Gasteiger partial charge in [0.2, 0.25) is 0 Å². The Morgan fingerprint density at radius 1 is 1.44 bits per heavy atom. The molecule has 0 bridgehead atoms. The molecule has 0 saturated carbocycles. The lowest BCUT2D eigenvalue weighted by molar-refractivity contribution is 0.600. The van der Waals surface area contributed by atoms with Crippen LogP contribution in [0.4, 0.5) is 5.82 Å². The van der Waals surface area contributed by atoms with Crippen LogP contribution in [-0.2, 0) is 15.6 Å². The molecule has 0 spiro atoms. The van der Waals surface area contributed by atoms with Crippen LogP contribution in [0, 0.1) is 0 Å². The maximum absolute atomic E-state index is 11.2. The lowest BCUT2D eigenvalue weighted by Gasteiger charge is -2.04. The number of hydrogen-bond donors (Lipinski definition) is 2. The van der Waals surface area contributed by atoms with Crippen LogP contribution in [0.5, 0.6) is 0 Å². The molecule has 0 aliphatic heterocycles. The quantitative estimate of drug-likeness (QED) is 0.817. The van der Waals surface area contributed by atoms with E-state index in [1.54, 1.807) is 13.2 Å². The van der Waals surface area contributed by atoms with Gasteiger partial charge in [-0.2, -0.15) is 0 Å². The molecule has 2 aromatic rings. The number of fused-ring (bicyclic) bond motifs is 1. The fourth-order valence-electron chi connectivity index (χ4n) is 1.48. The van der Waals surface area contributed by atoms with Crippen LogP contribution < -0.4 is 5.32 Å². The Bertz CT molecular complexity index is 617. The predicted molar refractivity (Wildman–Crippen MR) is 62.0 cm³/mol. The van der Waals surface area contributed by atoms with Gasteiger partial charge in [0.25, 0.3) is 0 Å². The maximum Gasteiger partial charge on any atom is 0.154 e. The molecule has 86 valence electrons. The van der Waals surface area contributed by atoms with Gasteiger partial charge in [0.1, 0.15) is 23.0 Å². The second-order valence-corrected chi connectivity index (χ2v) is 5.69. The van der Waals surface area contributed by atoms with Crippen molar-refractivity contribution in [2.75, 3.05) is 18.6 Å². The molecule has 0 radical (unpaired) electrons. The SMILES string of the molecule is CNc1nc(CS(C)(=O)=O)nc2[nH]ccc12. The summed E-state index contributed by atoms with van der Waals surface area (Å²) in [6, 6.07) is 1.84. The fourth-order valence-corrected chi connectivity index (χ4v) is 2.08. The average Bonchev–Trinajstić information content (AvgIpc) is 2.61. The monoisotopic (exact) mass is 240 g/mol. The summed E-state index contributed by atoms with van der Waals surface area (Å²) in [6.07, 6.45) is 2.90. The Morgan fingerprint density at radius 2 is 2.19 bits per heavy atom. The van der Waals surface area contributed by atoms with Crippen molar-refractivity contribution in [3.05, 3.63) is 18.1 Å². The summed E-state index contributed by atoms with van der Waals surface area (Å²) in [7, 11) is -1.39. The number of hydrogen-bond acceptors (Lipinski definition) is 5. The van der Waals surface area contributed by atoms with Crippen LogP contribution in [-0.4, -0.2) is 36.7 Å². The Labute approximate surface area is 93.0 Å². The maximum atomic E-state index is 11.2. The third kappa shape index (κ3) is 2.13. The number of nitrogens with one attached hydrogen (secondary N) is 2. The Hall–Kier alpha value is -1.63. The number of aromatic amines is 1. The van der Waals surface area contributed by atoms with Crippen LogP contribution in [0.15, 0.2) is 12.3 Å². The number of nitrogens with zero attached hydrogens (tertiary/aromatic N) is 2. The van der Waals surface area contributed by atoms with E-state index < -0.39 is 9.84 Å². The highest BCUT2D eigenvalue weighted by molar-refractivity contribution is 7.89. The molecule has 0 aromatic carbocycles. The normalized spacial score (nSPS) is 11.9. The molecule has 7 heteroatoms. The van der Waals surface area contributed by atoms with Crippen LogP contribution in [0.2, 0.25) is 0 Å². The summed E-state index contributed by atoms with van der Waals surface area (Å²) in [4.78, 5) is 11.2. The van der Waals surface area contributed by atoms with Crippen molar-refractivity contribution in [2.24, 2.45) is 0 Å². The van der Waals surface area contributed by atoms with E-state index in [-0.39, 0.29) is 5.75 Å². The van der Waals surface area contributed by atoms with E-state index in [4.69, 9.17) is 0 Å². The lowest BCUT2D eigenvalue weighted by Crippen LogP contribution is -2.07. The Kier molecular flexibility index (Phi) is 2.55. The summed E-state index contributed by atoms with van der Waals surface area (Å²) < 4.78 is 22.3. The van der Waals surface area contributed by atoms with E-state index in [1.165, 1.54) is 0 Å². The van der Waals surface area contributed by atoms with Gasteiger partial charge in [-0.25, -0.2) is 18.4 Å². The topological polar surface area (TPSA) is 87.7 Å². The standard InChI is InChI=1S/C9H12N4O2S/c1-10-8-6-3-4-11-9(6)13-7(12-8)5-16(2,14)15/h3-4H,5H2,1-2H3,(H2,10,11,12,13). The van der Waals surface area contributed by atoms with Crippen molar-refractivity contribution in [2.45, 2.75) is 5.75 Å². The van der Waals surface area contributed by atoms with Gasteiger partial charge in [-0.05, 0) is 6.07 Å². The Morgan fingerprint density at radius 3 is 2.81 bits per heavy atom. The molecule has 6 nitrogen and oxygen atoms in total. The summed E-state index contributed by atoms with van der Waals surface area (Å²) in [6.45, 7) is 0. The molecule has 0 atom stereocenters. The molecule has 0 unspecified atom stereocenters. The zero-order valence-electron chi connectivity index (χ0n) is 8.98. The summed E-state index contributed by atoms with van der Waals surface area (Å²) >= 11 is 0. The molecule has 2 N–H and O–H groups in total. The molecule has 0 aliphatic carbocycles. The Balaban J connectivity index is 2.55. The van der Waals surface area contributed by atoms with Gasteiger partial charge < -0.3 is 10.3 Å². The van der Waals surface area contributed by atoms with Crippen LogP contribution in [0.3, 0.4) is 0 Å². The van der Waals surface area contributed by atoms with Gasteiger partial charge in [0, 0.05) is 19.5 Å². The first-order chi connectivity index (χ1) is 7.49. The minimum atomic E-state index is -3.12. The molecular weight excluding hydrogens is 228 g/mol. The van der Waals surface area contributed by atoms with E-state index in [0.717, 1.165) is 11.6 Å². The average molecular weight is 240 g/mol. The molecule has 2 rings (SSSR count). The van der Waals surface area contributed by atoms with Crippen molar-refractivity contribution >= 4 is 26.7 Å². The molecule has 2 aromatic heterocycles. The fraction of sp³-hybridized carbons (Fsp3) is 0.333. The molecule has 2 heterocycles. The molecular formula is C9H12N4O2S. The van der Waals surface area contributed by atoms with Gasteiger partial charge in [-0.3, -0.25) is 0 Å². The van der Waals surface area contributed by atoms with E-state index in [2.05, 4.69) is 20.3 Å². The predicted octanol–water partition coefficient (Wildman–Crippen LogP) is 0.544. The first-order valence-electron chi connectivity index (χ1n) is 4.69.